The summed E-state index contributed by atoms with van der Waals surface area (Å²) < 4.78 is 10.5. The zero-order valence-electron chi connectivity index (χ0n) is 12.0. The van der Waals surface area contributed by atoms with Crippen LogP contribution in [-0.4, -0.2) is 31.5 Å². The van der Waals surface area contributed by atoms with Crippen LogP contribution in [0.25, 0.3) is 0 Å². The second kappa shape index (κ2) is 9.00. The molecule has 0 unspecified atom stereocenters. The number of thiocarbonyl (C=S) groups is 1. The standard InChI is InChI=1S/C14H21ClN2O2S/c1-10(2)19-8-4-7-16-14(20)17-11-5-6-13(18-3)12(15)9-11/h5-6,9-10H,4,7-8H2,1-3H3,(H2,16,17,20). The van der Waals surface area contributed by atoms with E-state index in [2.05, 4.69) is 10.6 Å². The summed E-state index contributed by atoms with van der Waals surface area (Å²) in [5, 5.41) is 7.30. The Morgan fingerprint density at radius 2 is 2.15 bits per heavy atom. The molecule has 0 saturated heterocycles. The van der Waals surface area contributed by atoms with Gasteiger partial charge in [0, 0.05) is 18.8 Å². The third kappa shape index (κ3) is 6.41. The first kappa shape index (κ1) is 17.0. The molecule has 20 heavy (non-hydrogen) atoms. The third-order valence-corrected chi connectivity index (χ3v) is 3.01. The highest BCUT2D eigenvalue weighted by Crippen LogP contribution is 2.27. The summed E-state index contributed by atoms with van der Waals surface area (Å²) in [7, 11) is 1.58. The molecule has 0 heterocycles. The summed E-state index contributed by atoms with van der Waals surface area (Å²) in [6.45, 7) is 5.53. The number of halogens is 1. The Balaban J connectivity index is 2.30. The Kier molecular flexibility index (Phi) is 7.65. The van der Waals surface area contributed by atoms with Gasteiger partial charge in [-0.25, -0.2) is 0 Å². The fourth-order valence-corrected chi connectivity index (χ4v) is 1.99. The van der Waals surface area contributed by atoms with Crippen molar-refractivity contribution in [1.29, 1.82) is 0 Å². The molecule has 0 aromatic heterocycles. The van der Waals surface area contributed by atoms with Gasteiger partial charge in [-0.05, 0) is 50.7 Å². The minimum absolute atomic E-state index is 0.265. The fourth-order valence-electron chi connectivity index (χ4n) is 1.51. The van der Waals surface area contributed by atoms with Gasteiger partial charge in [0.1, 0.15) is 5.75 Å². The molecule has 2 N–H and O–H groups in total. The molecular formula is C14H21ClN2O2S. The highest BCUT2D eigenvalue weighted by atomic mass is 35.5. The van der Waals surface area contributed by atoms with E-state index in [1.54, 1.807) is 19.2 Å². The van der Waals surface area contributed by atoms with E-state index < -0.39 is 0 Å². The number of rotatable bonds is 7. The summed E-state index contributed by atoms with van der Waals surface area (Å²) in [5.41, 5.74) is 0.826. The molecule has 4 nitrogen and oxygen atoms in total. The van der Waals surface area contributed by atoms with Crippen LogP contribution in [0.15, 0.2) is 18.2 Å². The molecule has 0 aliphatic heterocycles. The molecule has 0 spiro atoms. The molecule has 0 radical (unpaired) electrons. The van der Waals surface area contributed by atoms with Gasteiger partial charge in [-0.1, -0.05) is 11.6 Å². The summed E-state index contributed by atoms with van der Waals surface area (Å²) in [4.78, 5) is 0. The minimum atomic E-state index is 0.265. The van der Waals surface area contributed by atoms with E-state index >= 15 is 0 Å². The van der Waals surface area contributed by atoms with Crippen LogP contribution >= 0.6 is 23.8 Å². The number of ether oxygens (including phenoxy) is 2. The lowest BCUT2D eigenvalue weighted by Crippen LogP contribution is -2.29. The monoisotopic (exact) mass is 316 g/mol. The first-order valence-corrected chi connectivity index (χ1v) is 7.31. The molecular weight excluding hydrogens is 296 g/mol. The number of benzene rings is 1. The molecule has 6 heteroatoms. The predicted molar refractivity (Wildman–Crippen MR) is 87.9 cm³/mol. The molecule has 0 aliphatic rings. The molecule has 1 rings (SSSR count). The average molecular weight is 317 g/mol. The molecule has 0 amide bonds. The SMILES string of the molecule is COc1ccc(NC(=S)NCCCOC(C)C)cc1Cl. The Morgan fingerprint density at radius 3 is 2.75 bits per heavy atom. The van der Waals surface area contributed by atoms with Crippen LogP contribution in [0.5, 0.6) is 5.75 Å². The van der Waals surface area contributed by atoms with Crippen LogP contribution in [0, 0.1) is 0 Å². The van der Waals surface area contributed by atoms with Crippen molar-refractivity contribution in [3.63, 3.8) is 0 Å². The Hall–Kier alpha value is -1.04. The van der Waals surface area contributed by atoms with Crippen LogP contribution < -0.4 is 15.4 Å². The second-order valence-electron chi connectivity index (χ2n) is 4.50. The normalized spacial score (nSPS) is 10.4. The first-order valence-electron chi connectivity index (χ1n) is 6.53. The van der Waals surface area contributed by atoms with E-state index in [-0.39, 0.29) is 6.10 Å². The van der Waals surface area contributed by atoms with Gasteiger partial charge in [-0.2, -0.15) is 0 Å². The lowest BCUT2D eigenvalue weighted by atomic mass is 10.3. The van der Waals surface area contributed by atoms with Crippen molar-refractivity contribution in [3.05, 3.63) is 23.2 Å². The maximum absolute atomic E-state index is 6.04. The van der Waals surface area contributed by atoms with Gasteiger partial charge in [0.2, 0.25) is 0 Å². The maximum Gasteiger partial charge on any atom is 0.170 e. The number of anilines is 1. The van der Waals surface area contributed by atoms with Crippen LogP contribution in [-0.2, 0) is 4.74 Å². The number of methoxy groups -OCH3 is 1. The quantitative estimate of drug-likeness (QED) is 0.596. The van der Waals surface area contributed by atoms with Gasteiger partial charge in [-0.15, -0.1) is 0 Å². The fraction of sp³-hybridized carbons (Fsp3) is 0.500. The Morgan fingerprint density at radius 1 is 1.40 bits per heavy atom. The topological polar surface area (TPSA) is 42.5 Å². The van der Waals surface area contributed by atoms with Crippen molar-refractivity contribution in [2.75, 3.05) is 25.6 Å². The van der Waals surface area contributed by atoms with Gasteiger partial charge < -0.3 is 20.1 Å². The van der Waals surface area contributed by atoms with Gasteiger partial charge in [0.15, 0.2) is 5.11 Å². The van der Waals surface area contributed by atoms with Gasteiger partial charge in [-0.3, -0.25) is 0 Å². The van der Waals surface area contributed by atoms with Crippen molar-refractivity contribution in [3.8, 4) is 5.75 Å². The largest absolute Gasteiger partial charge is 0.495 e. The summed E-state index contributed by atoms with van der Waals surface area (Å²) in [6.07, 6.45) is 1.17. The van der Waals surface area contributed by atoms with Gasteiger partial charge in [0.25, 0.3) is 0 Å². The number of nitrogens with one attached hydrogen (secondary N) is 2. The molecule has 112 valence electrons. The lowest BCUT2D eigenvalue weighted by Gasteiger charge is -2.12. The highest BCUT2D eigenvalue weighted by molar-refractivity contribution is 7.80. The summed E-state index contributed by atoms with van der Waals surface area (Å²) in [5.74, 6) is 0.641. The molecule has 0 bridgehead atoms. The predicted octanol–water partition coefficient (Wildman–Crippen LogP) is 3.45. The first-order chi connectivity index (χ1) is 9.52. The summed E-state index contributed by atoms with van der Waals surface area (Å²) >= 11 is 11.2. The molecule has 0 saturated carbocycles. The minimum Gasteiger partial charge on any atom is -0.495 e. The van der Waals surface area contributed by atoms with Crippen LogP contribution in [0.1, 0.15) is 20.3 Å². The Bertz CT molecular complexity index is 441. The second-order valence-corrected chi connectivity index (χ2v) is 5.32. The third-order valence-electron chi connectivity index (χ3n) is 2.47. The van der Waals surface area contributed by atoms with Crippen molar-refractivity contribution in [1.82, 2.24) is 5.32 Å². The number of hydrogen-bond acceptors (Lipinski definition) is 3. The molecule has 0 fully saturated rings. The van der Waals surface area contributed by atoms with E-state index in [9.17, 15) is 0 Å². The van der Waals surface area contributed by atoms with Gasteiger partial charge >= 0.3 is 0 Å². The lowest BCUT2D eigenvalue weighted by molar-refractivity contribution is 0.0777. The smallest absolute Gasteiger partial charge is 0.170 e. The van der Waals surface area contributed by atoms with Crippen molar-refractivity contribution < 1.29 is 9.47 Å². The van der Waals surface area contributed by atoms with E-state index in [0.717, 1.165) is 25.3 Å². The van der Waals surface area contributed by atoms with E-state index in [1.807, 2.05) is 19.9 Å². The van der Waals surface area contributed by atoms with E-state index in [1.165, 1.54) is 0 Å². The zero-order valence-corrected chi connectivity index (χ0v) is 13.6. The average Bonchev–Trinajstić information content (AvgIpc) is 2.38. The van der Waals surface area contributed by atoms with Crippen molar-refractivity contribution >= 4 is 34.6 Å². The molecule has 1 aromatic rings. The van der Waals surface area contributed by atoms with E-state index in [4.69, 9.17) is 33.3 Å². The molecule has 0 aliphatic carbocycles. The maximum atomic E-state index is 6.04. The van der Waals surface area contributed by atoms with E-state index in [0.29, 0.717) is 15.9 Å². The Labute approximate surface area is 130 Å². The van der Waals surface area contributed by atoms with Gasteiger partial charge in [0.05, 0.1) is 18.2 Å². The van der Waals surface area contributed by atoms with Crippen molar-refractivity contribution in [2.45, 2.75) is 26.4 Å². The van der Waals surface area contributed by atoms with Crippen LogP contribution in [0.4, 0.5) is 5.69 Å². The summed E-state index contributed by atoms with van der Waals surface area (Å²) in [6, 6.07) is 5.43. The van der Waals surface area contributed by atoms with Crippen LogP contribution in [0.3, 0.4) is 0 Å². The highest BCUT2D eigenvalue weighted by Gasteiger charge is 2.03. The van der Waals surface area contributed by atoms with Crippen molar-refractivity contribution in [2.24, 2.45) is 0 Å². The zero-order chi connectivity index (χ0) is 15.0. The molecule has 0 atom stereocenters. The van der Waals surface area contributed by atoms with Crippen LogP contribution in [0.2, 0.25) is 5.02 Å². The number of hydrogen-bond donors (Lipinski definition) is 2. The molecule has 1 aromatic carbocycles.